The molecule has 0 bridgehead atoms. The van der Waals surface area contributed by atoms with E-state index in [0.29, 0.717) is 5.56 Å². The van der Waals surface area contributed by atoms with Crippen LogP contribution in [0.1, 0.15) is 10.8 Å². The molecule has 0 radical (unpaired) electrons. The maximum absolute atomic E-state index is 13.1. The molecule has 0 spiro atoms. The lowest BCUT2D eigenvalue weighted by Gasteiger charge is -2.18. The van der Waals surface area contributed by atoms with Crippen molar-refractivity contribution in [2.24, 2.45) is 0 Å². The van der Waals surface area contributed by atoms with Crippen LogP contribution in [0.2, 0.25) is 0 Å². The van der Waals surface area contributed by atoms with Crippen LogP contribution in [0.15, 0.2) is 81.5 Å². The second-order valence-electron chi connectivity index (χ2n) is 5.42. The van der Waals surface area contributed by atoms with Gasteiger partial charge in [0.25, 0.3) is 0 Å². The van der Waals surface area contributed by atoms with Gasteiger partial charge in [0.15, 0.2) is 9.84 Å². The van der Waals surface area contributed by atoms with E-state index in [2.05, 4.69) is 9.71 Å². The number of pyridine rings is 1. The summed E-state index contributed by atoms with van der Waals surface area (Å²) in [6.07, 6.45) is 2.97. The predicted octanol–water partition coefficient (Wildman–Crippen LogP) is 2.64. The Labute approximate surface area is 156 Å². The molecule has 6 nitrogen and oxygen atoms in total. The quantitative estimate of drug-likeness (QED) is 0.649. The maximum atomic E-state index is 13.1. The zero-order chi connectivity index (χ0) is 18.6. The van der Waals surface area contributed by atoms with Crippen LogP contribution in [-0.2, 0) is 19.9 Å². The Morgan fingerprint density at radius 1 is 0.962 bits per heavy atom. The summed E-state index contributed by atoms with van der Waals surface area (Å²) in [5.74, 6) is 0. The molecule has 1 atom stereocenters. The average molecular weight is 409 g/mol. The maximum Gasteiger partial charge on any atom is 0.250 e. The number of nitrogens with zero attached hydrogens (tertiary/aromatic N) is 1. The highest BCUT2D eigenvalue weighted by molar-refractivity contribution is 7.92. The van der Waals surface area contributed by atoms with Gasteiger partial charge in [0.1, 0.15) is 9.46 Å². The van der Waals surface area contributed by atoms with Crippen molar-refractivity contribution in [1.82, 2.24) is 9.71 Å². The lowest BCUT2D eigenvalue weighted by molar-refractivity contribution is 0.569. The molecule has 0 unspecified atom stereocenters. The first kappa shape index (κ1) is 18.7. The Morgan fingerprint density at radius 3 is 2.35 bits per heavy atom. The molecule has 0 aliphatic carbocycles. The summed E-state index contributed by atoms with van der Waals surface area (Å²) in [5, 5.41) is 0.557. The van der Waals surface area contributed by atoms with Crippen molar-refractivity contribution in [3.8, 4) is 0 Å². The molecule has 3 aromatic rings. The van der Waals surface area contributed by atoms with Gasteiger partial charge in [-0.2, -0.15) is 0 Å². The van der Waals surface area contributed by atoms with Crippen LogP contribution in [0.25, 0.3) is 0 Å². The van der Waals surface area contributed by atoms with Gasteiger partial charge in [-0.3, -0.25) is 4.98 Å². The van der Waals surface area contributed by atoms with Crippen molar-refractivity contribution < 1.29 is 16.8 Å². The Balaban J connectivity index is 1.95. The molecule has 0 saturated heterocycles. The van der Waals surface area contributed by atoms with Gasteiger partial charge >= 0.3 is 0 Å². The van der Waals surface area contributed by atoms with Crippen LogP contribution >= 0.6 is 11.3 Å². The fourth-order valence-corrected chi connectivity index (χ4v) is 6.28. The number of benzene rings is 1. The lowest BCUT2D eigenvalue weighted by Crippen LogP contribution is -2.31. The Kier molecular flexibility index (Phi) is 5.52. The van der Waals surface area contributed by atoms with E-state index in [-0.39, 0.29) is 15.6 Å². The van der Waals surface area contributed by atoms with Crippen molar-refractivity contribution in [3.05, 3.63) is 77.9 Å². The average Bonchev–Trinajstić information content (AvgIpc) is 3.19. The van der Waals surface area contributed by atoms with Gasteiger partial charge in [0.05, 0.1) is 4.90 Å². The van der Waals surface area contributed by atoms with E-state index in [1.807, 2.05) is 0 Å². The molecule has 136 valence electrons. The Hall–Kier alpha value is -2.07. The van der Waals surface area contributed by atoms with E-state index >= 15 is 0 Å². The van der Waals surface area contributed by atoms with Crippen LogP contribution in [0, 0.1) is 0 Å². The Morgan fingerprint density at radius 2 is 1.73 bits per heavy atom. The molecular formula is C17H16N2O4S3. The smallest absolute Gasteiger partial charge is 0.250 e. The second kappa shape index (κ2) is 7.67. The SMILES string of the molecule is O=S(=O)(NC[C@@H](c1cccnc1)S(=O)(=O)c1ccccc1)c1cccs1. The van der Waals surface area contributed by atoms with Crippen molar-refractivity contribution in [2.45, 2.75) is 14.4 Å². The predicted molar refractivity (Wildman–Crippen MR) is 100 cm³/mol. The minimum Gasteiger partial charge on any atom is -0.264 e. The van der Waals surface area contributed by atoms with E-state index < -0.39 is 25.1 Å². The Bertz CT molecular complexity index is 1050. The molecule has 3 rings (SSSR count). The zero-order valence-electron chi connectivity index (χ0n) is 13.5. The third-order valence-corrected chi connectivity index (χ3v) is 8.66. The molecule has 26 heavy (non-hydrogen) atoms. The number of hydrogen-bond acceptors (Lipinski definition) is 6. The molecule has 0 aliphatic heterocycles. The zero-order valence-corrected chi connectivity index (χ0v) is 16.0. The third kappa shape index (κ3) is 4.01. The number of sulfone groups is 1. The van der Waals surface area contributed by atoms with E-state index in [0.717, 1.165) is 11.3 Å². The highest BCUT2D eigenvalue weighted by Gasteiger charge is 2.31. The van der Waals surface area contributed by atoms with Crippen LogP contribution in [0.4, 0.5) is 0 Å². The lowest BCUT2D eigenvalue weighted by atomic mass is 10.2. The van der Waals surface area contributed by atoms with E-state index in [9.17, 15) is 16.8 Å². The normalized spacial score (nSPS) is 13.4. The number of sulfonamides is 1. The molecule has 9 heteroatoms. The number of thiophene rings is 1. The molecule has 0 aliphatic rings. The summed E-state index contributed by atoms with van der Waals surface area (Å²) in [7, 11) is -7.59. The first-order chi connectivity index (χ1) is 12.4. The summed E-state index contributed by atoms with van der Waals surface area (Å²) in [6.45, 7) is -0.289. The van der Waals surface area contributed by atoms with Gasteiger partial charge < -0.3 is 0 Å². The number of nitrogens with one attached hydrogen (secondary N) is 1. The summed E-state index contributed by atoms with van der Waals surface area (Å²) < 4.78 is 53.5. The van der Waals surface area contributed by atoms with Crippen molar-refractivity contribution >= 4 is 31.2 Å². The topological polar surface area (TPSA) is 93.2 Å². The van der Waals surface area contributed by atoms with Crippen molar-refractivity contribution in [3.63, 3.8) is 0 Å². The minimum absolute atomic E-state index is 0.129. The van der Waals surface area contributed by atoms with Gasteiger partial charge in [-0.1, -0.05) is 30.3 Å². The summed E-state index contributed by atoms with van der Waals surface area (Å²) in [6, 6.07) is 14.3. The molecule has 0 amide bonds. The van der Waals surface area contributed by atoms with Crippen LogP contribution in [-0.4, -0.2) is 28.4 Å². The van der Waals surface area contributed by atoms with Gasteiger partial charge in [0, 0.05) is 18.9 Å². The van der Waals surface area contributed by atoms with Gasteiger partial charge in [-0.15, -0.1) is 11.3 Å². The first-order valence-electron chi connectivity index (χ1n) is 7.63. The van der Waals surface area contributed by atoms with Crippen LogP contribution in [0.5, 0.6) is 0 Å². The molecular weight excluding hydrogens is 392 g/mol. The number of hydrogen-bond donors (Lipinski definition) is 1. The van der Waals surface area contributed by atoms with Crippen LogP contribution < -0.4 is 4.72 Å². The van der Waals surface area contributed by atoms with Gasteiger partial charge in [0.2, 0.25) is 10.0 Å². The van der Waals surface area contributed by atoms with E-state index in [4.69, 9.17) is 0 Å². The van der Waals surface area contributed by atoms with Crippen molar-refractivity contribution in [2.75, 3.05) is 6.54 Å². The second-order valence-corrected chi connectivity index (χ2v) is 10.5. The molecule has 1 N–H and O–H groups in total. The summed E-state index contributed by atoms with van der Waals surface area (Å²) in [5.41, 5.74) is 0.422. The van der Waals surface area contributed by atoms with Crippen molar-refractivity contribution in [1.29, 1.82) is 0 Å². The number of aromatic nitrogens is 1. The fourth-order valence-electron chi connectivity index (χ4n) is 2.42. The standard InChI is InChI=1S/C17H16N2O4S3/c20-25(21,15-7-2-1-3-8-15)16(14-6-4-10-18-12-14)13-19-26(22,23)17-9-5-11-24-17/h1-12,16,19H,13H2/t16-/m0/s1. The monoisotopic (exact) mass is 408 g/mol. The molecule has 2 heterocycles. The van der Waals surface area contributed by atoms with Gasteiger partial charge in [-0.05, 0) is 35.2 Å². The van der Waals surface area contributed by atoms with E-state index in [1.54, 1.807) is 41.8 Å². The molecule has 1 aromatic carbocycles. The molecule has 0 fully saturated rings. The van der Waals surface area contributed by atoms with E-state index in [1.165, 1.54) is 30.6 Å². The van der Waals surface area contributed by atoms with Crippen LogP contribution in [0.3, 0.4) is 0 Å². The first-order valence-corrected chi connectivity index (χ1v) is 11.5. The number of rotatable bonds is 7. The summed E-state index contributed by atoms with van der Waals surface area (Å²) in [4.78, 5) is 4.10. The van der Waals surface area contributed by atoms with Gasteiger partial charge in [-0.25, -0.2) is 21.6 Å². The largest absolute Gasteiger partial charge is 0.264 e. The molecule has 0 saturated carbocycles. The minimum atomic E-state index is -3.81. The third-order valence-electron chi connectivity index (χ3n) is 3.72. The molecule has 2 aromatic heterocycles. The highest BCUT2D eigenvalue weighted by Crippen LogP contribution is 2.28. The highest BCUT2D eigenvalue weighted by atomic mass is 32.2. The fraction of sp³-hybridized carbons (Fsp3) is 0.118. The summed E-state index contributed by atoms with van der Waals surface area (Å²) >= 11 is 1.07.